The standard InChI is InChI=1S/C39H52F3N3O7/c1-49-23-27-20-44(21-33(27)32-14-7-28(39(40,41)42)19-35(32)43-17-15-26(16-18-43)36(46)47)37(48)38(52-4)24-45(29-8-12-31(51-3)13-9-29)22-34(38)25-5-10-30(50-2)11-6-25/h5-7,10-11,14,19,26-27,29,31,33-34H,8-9,12-13,15-18,20-24H2,1-4H3,(H,46,47)/t27-,29?,31?,33+,34+,38+/m1/s1. The number of carboxylic acids is 1. The zero-order valence-electron chi connectivity index (χ0n) is 30.6. The molecule has 0 unspecified atom stereocenters. The molecular formula is C39H52F3N3O7. The van der Waals surface area contributed by atoms with Crippen molar-refractivity contribution in [1.29, 1.82) is 0 Å². The lowest BCUT2D eigenvalue weighted by atomic mass is 9.83. The molecule has 0 aromatic heterocycles. The Morgan fingerprint density at radius 3 is 2.17 bits per heavy atom. The summed E-state index contributed by atoms with van der Waals surface area (Å²) in [4.78, 5) is 32.9. The zero-order valence-corrected chi connectivity index (χ0v) is 30.6. The average molecular weight is 732 g/mol. The molecular weight excluding hydrogens is 679 g/mol. The molecule has 1 amide bonds. The van der Waals surface area contributed by atoms with Gasteiger partial charge in [0, 0.05) is 90.1 Å². The van der Waals surface area contributed by atoms with Crippen LogP contribution >= 0.6 is 0 Å². The molecule has 0 spiro atoms. The summed E-state index contributed by atoms with van der Waals surface area (Å²) in [5, 5.41) is 9.56. The Morgan fingerprint density at radius 1 is 0.904 bits per heavy atom. The van der Waals surface area contributed by atoms with Crippen LogP contribution < -0.4 is 9.64 Å². The molecule has 4 fully saturated rings. The molecule has 3 heterocycles. The number of anilines is 1. The number of carbonyl (C=O) groups is 2. The van der Waals surface area contributed by atoms with Crippen molar-refractivity contribution in [2.24, 2.45) is 11.8 Å². The highest BCUT2D eigenvalue weighted by Crippen LogP contribution is 2.47. The van der Waals surface area contributed by atoms with E-state index in [1.165, 1.54) is 6.07 Å². The number of methoxy groups -OCH3 is 4. The van der Waals surface area contributed by atoms with Gasteiger partial charge < -0.3 is 33.9 Å². The highest BCUT2D eigenvalue weighted by Gasteiger charge is 2.57. The van der Waals surface area contributed by atoms with Crippen LogP contribution in [0, 0.1) is 11.8 Å². The largest absolute Gasteiger partial charge is 0.497 e. The number of hydrogen-bond acceptors (Lipinski definition) is 8. The van der Waals surface area contributed by atoms with E-state index in [2.05, 4.69) is 4.90 Å². The van der Waals surface area contributed by atoms with Crippen molar-refractivity contribution < 1.29 is 46.8 Å². The number of benzene rings is 2. The molecule has 2 aromatic rings. The predicted octanol–water partition coefficient (Wildman–Crippen LogP) is 5.65. The van der Waals surface area contributed by atoms with Crippen LogP contribution in [0.15, 0.2) is 42.5 Å². The summed E-state index contributed by atoms with van der Waals surface area (Å²) in [5.41, 5.74) is 0.173. The molecule has 0 bridgehead atoms. The monoisotopic (exact) mass is 731 g/mol. The van der Waals surface area contributed by atoms with Crippen LogP contribution in [0.3, 0.4) is 0 Å². The number of likely N-dealkylation sites (tertiary alicyclic amines) is 2. The van der Waals surface area contributed by atoms with Gasteiger partial charge in [-0.2, -0.15) is 13.2 Å². The third-order valence-corrected chi connectivity index (χ3v) is 12.2. The number of hydrogen-bond donors (Lipinski definition) is 1. The first-order chi connectivity index (χ1) is 24.9. The predicted molar refractivity (Wildman–Crippen MR) is 189 cm³/mol. The number of carboxylic acid groups (broad SMARTS) is 1. The minimum absolute atomic E-state index is 0.136. The van der Waals surface area contributed by atoms with E-state index >= 15 is 4.79 Å². The SMILES string of the molecule is COC[C@H]1CN(C(=O)[C@]2(OC)CN(C3CCC(OC)CC3)C[C@H]2c2ccc(OC)cc2)C[C@@H]1c1ccc(C(F)(F)F)cc1N1CCC(C(=O)O)CC1. The lowest BCUT2D eigenvalue weighted by Crippen LogP contribution is -2.55. The number of amides is 1. The fraction of sp³-hybridized carbons (Fsp3) is 0.641. The number of carbonyl (C=O) groups excluding carboxylic acids is 1. The van der Waals surface area contributed by atoms with Crippen LogP contribution in [0.5, 0.6) is 5.75 Å². The number of aliphatic carboxylic acids is 1. The smallest absolute Gasteiger partial charge is 0.416 e. The van der Waals surface area contributed by atoms with Crippen molar-refractivity contribution in [3.05, 3.63) is 59.2 Å². The van der Waals surface area contributed by atoms with Crippen molar-refractivity contribution >= 4 is 17.6 Å². The molecule has 1 saturated carbocycles. The van der Waals surface area contributed by atoms with E-state index in [0.717, 1.165) is 43.1 Å². The second-order valence-corrected chi connectivity index (χ2v) is 14.9. The maximum atomic E-state index is 15.1. The van der Waals surface area contributed by atoms with Gasteiger partial charge in [-0.15, -0.1) is 0 Å². The lowest BCUT2D eigenvalue weighted by Gasteiger charge is -2.37. The summed E-state index contributed by atoms with van der Waals surface area (Å²) >= 11 is 0. The van der Waals surface area contributed by atoms with E-state index in [1.54, 1.807) is 34.5 Å². The maximum Gasteiger partial charge on any atom is 0.416 e. The normalized spacial score (nSPS) is 29.1. The molecule has 13 heteroatoms. The number of piperidine rings is 1. The van der Waals surface area contributed by atoms with Gasteiger partial charge in [-0.1, -0.05) is 18.2 Å². The molecule has 3 saturated heterocycles. The first kappa shape index (κ1) is 38.3. The van der Waals surface area contributed by atoms with Gasteiger partial charge in [0.25, 0.3) is 5.91 Å². The van der Waals surface area contributed by atoms with Gasteiger partial charge in [0.05, 0.1) is 31.3 Å². The van der Waals surface area contributed by atoms with Gasteiger partial charge in [0.1, 0.15) is 5.75 Å². The summed E-state index contributed by atoms with van der Waals surface area (Å²) in [7, 11) is 6.57. The summed E-state index contributed by atoms with van der Waals surface area (Å²) in [6, 6.07) is 11.9. The molecule has 286 valence electrons. The van der Waals surface area contributed by atoms with Crippen LogP contribution in [0.2, 0.25) is 0 Å². The Hall–Kier alpha value is -3.39. The summed E-state index contributed by atoms with van der Waals surface area (Å²) in [6.07, 6.45) is 0.206. The van der Waals surface area contributed by atoms with Gasteiger partial charge in [0.2, 0.25) is 0 Å². The van der Waals surface area contributed by atoms with E-state index in [0.29, 0.717) is 63.4 Å². The topological polar surface area (TPSA) is 101 Å². The van der Waals surface area contributed by atoms with Crippen LogP contribution in [0.4, 0.5) is 18.9 Å². The van der Waals surface area contributed by atoms with Crippen LogP contribution in [0.1, 0.15) is 67.1 Å². The van der Waals surface area contributed by atoms with Gasteiger partial charge in [-0.05, 0) is 73.9 Å². The summed E-state index contributed by atoms with van der Waals surface area (Å²) < 4.78 is 65.3. The van der Waals surface area contributed by atoms with E-state index in [1.807, 2.05) is 34.1 Å². The zero-order chi connectivity index (χ0) is 37.2. The Labute approximate surface area is 304 Å². The van der Waals surface area contributed by atoms with E-state index < -0.39 is 29.2 Å². The Bertz CT molecular complexity index is 1540. The fourth-order valence-corrected chi connectivity index (χ4v) is 9.22. The van der Waals surface area contributed by atoms with Crippen LogP contribution in [-0.2, 0) is 30.0 Å². The van der Waals surface area contributed by atoms with Crippen molar-refractivity contribution in [2.45, 2.75) is 74.3 Å². The molecule has 1 N–H and O–H groups in total. The number of rotatable bonds is 11. The van der Waals surface area contributed by atoms with Gasteiger partial charge in [0.15, 0.2) is 5.60 Å². The van der Waals surface area contributed by atoms with Gasteiger partial charge in [-0.25, -0.2) is 0 Å². The molecule has 4 aliphatic rings. The Morgan fingerprint density at radius 2 is 1.60 bits per heavy atom. The third kappa shape index (κ3) is 7.65. The number of ether oxygens (including phenoxy) is 4. The van der Waals surface area contributed by atoms with E-state index in [4.69, 9.17) is 18.9 Å². The molecule has 52 heavy (non-hydrogen) atoms. The number of alkyl halides is 3. The van der Waals surface area contributed by atoms with Crippen LogP contribution in [0.25, 0.3) is 0 Å². The molecule has 0 radical (unpaired) electrons. The van der Waals surface area contributed by atoms with E-state index in [9.17, 15) is 23.1 Å². The number of halogens is 3. The first-order valence-electron chi connectivity index (χ1n) is 18.4. The average Bonchev–Trinajstić information content (AvgIpc) is 3.77. The maximum absolute atomic E-state index is 15.1. The fourth-order valence-electron chi connectivity index (χ4n) is 9.22. The minimum atomic E-state index is -4.55. The highest BCUT2D eigenvalue weighted by molar-refractivity contribution is 5.88. The Kier molecular flexibility index (Phi) is 11.7. The lowest BCUT2D eigenvalue weighted by molar-refractivity contribution is -0.154. The molecule has 6 rings (SSSR count). The van der Waals surface area contributed by atoms with Gasteiger partial charge >= 0.3 is 12.1 Å². The highest BCUT2D eigenvalue weighted by atomic mass is 19.4. The minimum Gasteiger partial charge on any atom is -0.497 e. The molecule has 10 nitrogen and oxygen atoms in total. The van der Waals surface area contributed by atoms with Crippen molar-refractivity contribution in [3.8, 4) is 5.75 Å². The second kappa shape index (κ2) is 15.9. The third-order valence-electron chi connectivity index (χ3n) is 12.2. The van der Waals surface area contributed by atoms with Crippen LogP contribution in [-0.4, -0.2) is 119 Å². The first-order valence-corrected chi connectivity index (χ1v) is 18.4. The quantitative estimate of drug-likeness (QED) is 0.315. The molecule has 2 aromatic carbocycles. The second-order valence-electron chi connectivity index (χ2n) is 14.9. The Balaban J connectivity index is 1.32. The van der Waals surface area contributed by atoms with Crippen molar-refractivity contribution in [1.82, 2.24) is 9.80 Å². The van der Waals surface area contributed by atoms with Crippen molar-refractivity contribution in [2.75, 3.05) is 79.2 Å². The summed E-state index contributed by atoms with van der Waals surface area (Å²) in [6.45, 7) is 2.67. The molecule has 3 aliphatic heterocycles. The van der Waals surface area contributed by atoms with Crippen molar-refractivity contribution in [3.63, 3.8) is 0 Å². The molecule has 1 aliphatic carbocycles. The number of nitrogens with zero attached hydrogens (tertiary/aromatic N) is 3. The van der Waals surface area contributed by atoms with Gasteiger partial charge in [-0.3, -0.25) is 14.5 Å². The summed E-state index contributed by atoms with van der Waals surface area (Å²) in [5.74, 6) is -1.60. The molecule has 4 atom stereocenters. The van der Waals surface area contributed by atoms with E-state index in [-0.39, 0.29) is 42.4 Å².